The van der Waals surface area contributed by atoms with Gasteiger partial charge in [-0.2, -0.15) is 12.7 Å². The second-order valence-corrected chi connectivity index (χ2v) is 16.4. The number of anilines is 1. The van der Waals surface area contributed by atoms with Crippen molar-refractivity contribution in [2.24, 2.45) is 11.8 Å². The van der Waals surface area contributed by atoms with Crippen molar-refractivity contribution in [1.29, 1.82) is 0 Å². The second kappa shape index (κ2) is 13.9. The number of nitrogens with zero attached hydrogens (tertiary/aromatic N) is 3. The van der Waals surface area contributed by atoms with Gasteiger partial charge >= 0.3 is 10.2 Å². The summed E-state index contributed by atoms with van der Waals surface area (Å²) in [4.78, 5) is 18.3. The number of morpholine rings is 1. The van der Waals surface area contributed by atoms with E-state index in [1.54, 1.807) is 18.2 Å². The van der Waals surface area contributed by atoms with Gasteiger partial charge in [-0.1, -0.05) is 29.8 Å². The number of halogens is 1. The second-order valence-electron chi connectivity index (χ2n) is 14.3. The summed E-state index contributed by atoms with van der Waals surface area (Å²) in [6.07, 6.45) is 8.40. The number of carbonyl (C=O) groups is 1. The third-order valence-corrected chi connectivity index (χ3v) is 13.1. The molecule has 48 heavy (non-hydrogen) atoms. The smallest absolute Gasteiger partial charge is 0.304 e. The minimum atomic E-state index is -4.20. The van der Waals surface area contributed by atoms with E-state index in [-0.39, 0.29) is 29.4 Å². The molecule has 2 N–H and O–H groups in total. The number of nitrogens with one attached hydrogen (secondary N) is 1. The molecule has 12 heteroatoms. The van der Waals surface area contributed by atoms with E-state index in [1.807, 2.05) is 25.1 Å². The molecule has 2 aromatic rings. The minimum Gasteiger partial charge on any atom is -0.490 e. The molecule has 2 bridgehead atoms. The van der Waals surface area contributed by atoms with Crippen molar-refractivity contribution in [3.63, 3.8) is 0 Å². The quantitative estimate of drug-likeness (QED) is 0.460. The highest BCUT2D eigenvalue weighted by Crippen LogP contribution is 2.46. The first-order valence-corrected chi connectivity index (χ1v) is 19.2. The van der Waals surface area contributed by atoms with Gasteiger partial charge in [0, 0.05) is 61.3 Å². The fourth-order valence-electron chi connectivity index (χ4n) is 8.36. The Balaban J connectivity index is 1.23. The lowest BCUT2D eigenvalue weighted by atomic mass is 9.68. The van der Waals surface area contributed by atoms with Crippen LogP contribution in [0.25, 0.3) is 0 Å². The summed E-state index contributed by atoms with van der Waals surface area (Å²) in [5.74, 6) is 0.357. The van der Waals surface area contributed by atoms with Crippen LogP contribution in [0.5, 0.6) is 5.75 Å². The number of aliphatic hydroxyl groups is 1. The van der Waals surface area contributed by atoms with E-state index < -0.39 is 28.3 Å². The van der Waals surface area contributed by atoms with Crippen LogP contribution in [-0.4, -0.2) is 99.9 Å². The summed E-state index contributed by atoms with van der Waals surface area (Å²) >= 11 is 6.42. The number of carbonyl (C=O) groups excluding carboxylic acids is 1. The largest absolute Gasteiger partial charge is 0.490 e. The molecule has 7 rings (SSSR count). The molecule has 2 aliphatic carbocycles. The van der Waals surface area contributed by atoms with Gasteiger partial charge in [-0.25, -0.2) is 4.72 Å². The first-order chi connectivity index (χ1) is 23.1. The molecular formula is C36H47ClN4O6S. The zero-order valence-corrected chi connectivity index (χ0v) is 29.2. The highest BCUT2D eigenvalue weighted by molar-refractivity contribution is 7.87. The number of benzene rings is 2. The molecule has 2 fully saturated rings. The summed E-state index contributed by atoms with van der Waals surface area (Å²) in [5.41, 5.74) is 3.26. The van der Waals surface area contributed by atoms with Crippen molar-refractivity contribution in [3.8, 4) is 5.75 Å². The fraction of sp³-hybridized carbons (Fsp3) is 0.583. The predicted octanol–water partition coefficient (Wildman–Crippen LogP) is 4.16. The van der Waals surface area contributed by atoms with Gasteiger partial charge in [0.2, 0.25) is 0 Å². The monoisotopic (exact) mass is 698 g/mol. The van der Waals surface area contributed by atoms with Gasteiger partial charge in [-0.15, -0.1) is 0 Å². The number of ether oxygens (including phenoxy) is 2. The summed E-state index contributed by atoms with van der Waals surface area (Å²) < 4.78 is 43.6. The molecule has 3 aliphatic heterocycles. The molecule has 3 heterocycles. The van der Waals surface area contributed by atoms with Gasteiger partial charge in [0.1, 0.15) is 5.75 Å². The predicted molar refractivity (Wildman–Crippen MR) is 186 cm³/mol. The van der Waals surface area contributed by atoms with Crippen LogP contribution < -0.4 is 14.4 Å². The maximum atomic E-state index is 13.9. The van der Waals surface area contributed by atoms with Crippen LogP contribution in [0.3, 0.4) is 0 Å². The summed E-state index contributed by atoms with van der Waals surface area (Å²) in [5, 5.41) is 12.1. The summed E-state index contributed by atoms with van der Waals surface area (Å²) in [6.45, 7) is 7.17. The third-order valence-electron chi connectivity index (χ3n) is 11.2. The Morgan fingerprint density at radius 2 is 1.94 bits per heavy atom. The van der Waals surface area contributed by atoms with E-state index in [0.717, 1.165) is 55.9 Å². The number of hydrogen-bond acceptors (Lipinski definition) is 8. The molecule has 1 saturated carbocycles. The average molecular weight is 699 g/mol. The number of aryl methyl sites for hydroxylation is 1. The Hall–Kier alpha value is -2.67. The van der Waals surface area contributed by atoms with Crippen LogP contribution in [0.2, 0.25) is 5.02 Å². The van der Waals surface area contributed by atoms with E-state index in [9.17, 15) is 18.3 Å². The molecule has 0 radical (unpaired) electrons. The van der Waals surface area contributed by atoms with E-state index in [1.165, 1.54) is 15.4 Å². The van der Waals surface area contributed by atoms with Crippen LogP contribution in [0.15, 0.2) is 48.6 Å². The molecule has 1 amide bonds. The van der Waals surface area contributed by atoms with Crippen LogP contribution in [-0.2, 0) is 26.8 Å². The molecule has 0 unspecified atom stereocenters. The van der Waals surface area contributed by atoms with E-state index in [2.05, 4.69) is 26.7 Å². The highest BCUT2D eigenvalue weighted by atomic mass is 35.5. The van der Waals surface area contributed by atoms with Crippen LogP contribution >= 0.6 is 11.6 Å². The zero-order valence-electron chi connectivity index (χ0n) is 27.7. The van der Waals surface area contributed by atoms with Gasteiger partial charge in [0.05, 0.1) is 31.6 Å². The number of aliphatic hydroxyl groups excluding tert-OH is 1. The minimum absolute atomic E-state index is 0.0955. The molecule has 260 valence electrons. The molecule has 5 aliphatic rings. The molecule has 1 spiro atoms. The van der Waals surface area contributed by atoms with E-state index in [4.69, 9.17) is 21.1 Å². The van der Waals surface area contributed by atoms with E-state index >= 15 is 0 Å². The molecule has 5 atom stereocenters. The normalized spacial score (nSPS) is 31.8. The number of rotatable bonds is 3. The van der Waals surface area contributed by atoms with Crippen molar-refractivity contribution in [2.75, 3.05) is 64.0 Å². The molecule has 10 nitrogen and oxygen atoms in total. The standard InChI is InChI=1S/C36H47ClN4O6S/c1-25-4-2-6-33(42)30-10-7-28(30)22-40-23-36(13-3-5-26-20-29(37)9-11-31(26)36)24-47-34-12-8-27(21-32(34)40)35(43)38-48(44,45)41(25)15-14-39-16-18-46-19-17-39/h2,6,8-9,11-12,20-21,25,28,30,33,42H,3-5,7,10,13-19,22-24H2,1H3,(H,38,43)/b6-2-/t25-,28-,30+,33-,36-/m0/s1. The van der Waals surface area contributed by atoms with Crippen LogP contribution in [0.1, 0.15) is 60.5 Å². The van der Waals surface area contributed by atoms with Crippen molar-refractivity contribution in [3.05, 3.63) is 70.3 Å². The fourth-order valence-corrected chi connectivity index (χ4v) is 9.91. The highest BCUT2D eigenvalue weighted by Gasteiger charge is 2.44. The maximum Gasteiger partial charge on any atom is 0.304 e. The zero-order chi connectivity index (χ0) is 33.5. The Kier molecular flexibility index (Phi) is 9.80. The molecular weight excluding hydrogens is 652 g/mol. The summed E-state index contributed by atoms with van der Waals surface area (Å²) in [6, 6.07) is 11.0. The molecule has 2 aromatic carbocycles. The number of hydrogen-bond donors (Lipinski definition) is 2. The first-order valence-electron chi connectivity index (χ1n) is 17.4. The maximum absolute atomic E-state index is 13.9. The van der Waals surface area contributed by atoms with Crippen molar-refractivity contribution in [2.45, 2.75) is 63.0 Å². The Morgan fingerprint density at radius 1 is 1.10 bits per heavy atom. The topological polar surface area (TPSA) is 112 Å². The average Bonchev–Trinajstić information content (AvgIpc) is 3.19. The van der Waals surface area contributed by atoms with Crippen molar-refractivity contribution >= 4 is 33.4 Å². The summed E-state index contributed by atoms with van der Waals surface area (Å²) in [7, 11) is -4.20. The van der Waals surface area contributed by atoms with E-state index in [0.29, 0.717) is 51.6 Å². The third kappa shape index (κ3) is 6.87. The first kappa shape index (κ1) is 33.8. The van der Waals surface area contributed by atoms with Crippen LogP contribution in [0.4, 0.5) is 5.69 Å². The van der Waals surface area contributed by atoms with Gasteiger partial charge in [0.25, 0.3) is 5.91 Å². The van der Waals surface area contributed by atoms with Crippen molar-refractivity contribution in [1.82, 2.24) is 13.9 Å². The lowest BCUT2D eigenvalue weighted by Crippen LogP contribution is -2.51. The van der Waals surface area contributed by atoms with Crippen molar-refractivity contribution < 1.29 is 27.8 Å². The number of amides is 1. The Bertz CT molecular complexity index is 1650. The lowest BCUT2D eigenvalue weighted by Gasteiger charge is -2.45. The van der Waals surface area contributed by atoms with Gasteiger partial charge in [-0.3, -0.25) is 9.69 Å². The SMILES string of the molecule is C[C@H]1C/C=C\[C@H](O)[C@@H]2CC[C@H]2CN2C[C@@]3(CCCc4cc(Cl)ccc43)COc3ccc(cc32)C(=O)NS(=O)(=O)N1CCN1CCOCC1. The lowest BCUT2D eigenvalue weighted by molar-refractivity contribution is 0.0354. The van der Waals surface area contributed by atoms with Crippen LogP contribution in [0, 0.1) is 11.8 Å². The molecule has 0 aromatic heterocycles. The van der Waals surface area contributed by atoms with Gasteiger partial charge in [-0.05, 0) is 98.7 Å². The molecule has 1 saturated heterocycles. The Morgan fingerprint density at radius 3 is 2.73 bits per heavy atom. The Labute approximate surface area is 289 Å². The van der Waals surface area contributed by atoms with Gasteiger partial charge < -0.3 is 19.5 Å². The van der Waals surface area contributed by atoms with Gasteiger partial charge in [0.15, 0.2) is 0 Å². The number of fused-ring (bicyclic) bond motifs is 4.